The van der Waals surface area contributed by atoms with E-state index in [-0.39, 0.29) is 0 Å². The summed E-state index contributed by atoms with van der Waals surface area (Å²) in [4.78, 5) is 0. The highest BCUT2D eigenvalue weighted by atomic mass is 16.4. The Hall–Kier alpha value is -1.25. The molecular weight excluding hydrogens is 106 g/mol. The lowest BCUT2D eigenvalue weighted by Crippen LogP contribution is -1.70. The molecule has 0 saturated heterocycles. The third kappa shape index (κ3) is 0.872. The molecule has 0 aliphatic rings. The van der Waals surface area contributed by atoms with Gasteiger partial charge in [0.25, 0.3) is 0 Å². The minimum Gasteiger partial charge on any atom is -0.463 e. The second-order valence-electron chi connectivity index (χ2n) is 1.26. The minimum atomic E-state index is 0.549. The molecule has 1 heterocycles. The summed E-state index contributed by atoms with van der Waals surface area (Å²) >= 11 is 0. The Kier molecular flexibility index (Phi) is 1.32. The molecule has 0 bridgehead atoms. The minimum absolute atomic E-state index is 0.549. The van der Waals surface area contributed by atoms with Crippen molar-refractivity contribution in [2.24, 2.45) is 5.16 Å². The molecular formula is C5H5NO2. The summed E-state index contributed by atoms with van der Waals surface area (Å²) in [5, 5.41) is 10.7. The number of nitrogens with zero attached hydrogens (tertiary/aromatic N) is 1. The predicted octanol–water partition coefficient (Wildman–Crippen LogP) is 1.09. The molecule has 0 radical (unpaired) electrons. The maximum absolute atomic E-state index is 7.95. The van der Waals surface area contributed by atoms with Crippen molar-refractivity contribution in [1.82, 2.24) is 0 Å². The highest BCUT2D eigenvalue weighted by Gasteiger charge is 1.84. The van der Waals surface area contributed by atoms with Crippen molar-refractivity contribution < 1.29 is 9.62 Å². The standard InChI is InChI=1S/C5H5NO2/c7-6-4-5-2-1-3-8-5/h1-4,7H. The van der Waals surface area contributed by atoms with E-state index in [1.165, 1.54) is 12.5 Å². The van der Waals surface area contributed by atoms with Crippen molar-refractivity contribution in [2.75, 3.05) is 0 Å². The normalized spacial score (nSPS) is 10.5. The monoisotopic (exact) mass is 111 g/mol. The van der Waals surface area contributed by atoms with E-state index in [2.05, 4.69) is 5.16 Å². The Labute approximate surface area is 46.2 Å². The van der Waals surface area contributed by atoms with Crippen LogP contribution in [0.25, 0.3) is 0 Å². The Morgan fingerprint density at radius 3 is 3.12 bits per heavy atom. The van der Waals surface area contributed by atoms with Gasteiger partial charge in [-0.1, -0.05) is 5.16 Å². The Morgan fingerprint density at radius 2 is 2.62 bits per heavy atom. The van der Waals surface area contributed by atoms with Crippen LogP contribution in [0.3, 0.4) is 0 Å². The summed E-state index contributed by atoms with van der Waals surface area (Å²) in [6.07, 6.45) is 2.73. The quantitative estimate of drug-likeness (QED) is 0.335. The van der Waals surface area contributed by atoms with Gasteiger partial charge in [0.15, 0.2) is 0 Å². The van der Waals surface area contributed by atoms with E-state index in [4.69, 9.17) is 9.62 Å². The van der Waals surface area contributed by atoms with Gasteiger partial charge in [-0.05, 0) is 12.1 Å². The maximum Gasteiger partial charge on any atom is 0.148 e. The van der Waals surface area contributed by atoms with Crippen LogP contribution in [0.15, 0.2) is 28.0 Å². The fourth-order valence-electron chi connectivity index (χ4n) is 0.422. The van der Waals surface area contributed by atoms with Gasteiger partial charge in [0.1, 0.15) is 12.0 Å². The third-order valence-corrected chi connectivity index (χ3v) is 0.728. The summed E-state index contributed by atoms with van der Waals surface area (Å²) in [6, 6.07) is 3.41. The lowest BCUT2D eigenvalue weighted by atomic mass is 10.5. The fraction of sp³-hybridized carbons (Fsp3) is 0. The molecule has 1 aromatic heterocycles. The first-order chi connectivity index (χ1) is 3.93. The number of rotatable bonds is 1. The molecule has 0 fully saturated rings. The van der Waals surface area contributed by atoms with Gasteiger partial charge in [-0.25, -0.2) is 0 Å². The Balaban J connectivity index is 2.77. The lowest BCUT2D eigenvalue weighted by molar-refractivity contribution is 0.320. The summed E-state index contributed by atoms with van der Waals surface area (Å²) in [7, 11) is 0. The molecule has 3 heteroatoms. The molecule has 0 spiro atoms. The van der Waals surface area contributed by atoms with Gasteiger partial charge in [-0.3, -0.25) is 0 Å². The van der Waals surface area contributed by atoms with Gasteiger partial charge in [-0.15, -0.1) is 0 Å². The van der Waals surface area contributed by atoms with Crippen LogP contribution in [-0.2, 0) is 0 Å². The molecule has 8 heavy (non-hydrogen) atoms. The van der Waals surface area contributed by atoms with Crippen LogP contribution < -0.4 is 0 Å². The molecule has 0 saturated carbocycles. The summed E-state index contributed by atoms with van der Waals surface area (Å²) in [6.45, 7) is 0. The highest BCUT2D eigenvalue weighted by molar-refractivity contribution is 5.74. The molecule has 0 aliphatic heterocycles. The molecule has 0 aromatic carbocycles. The Morgan fingerprint density at radius 1 is 1.75 bits per heavy atom. The van der Waals surface area contributed by atoms with E-state index >= 15 is 0 Å². The average Bonchev–Trinajstić information content (AvgIpc) is 2.19. The van der Waals surface area contributed by atoms with Crippen molar-refractivity contribution in [3.63, 3.8) is 0 Å². The van der Waals surface area contributed by atoms with Crippen LogP contribution >= 0.6 is 0 Å². The summed E-state index contributed by atoms with van der Waals surface area (Å²) < 4.78 is 4.76. The van der Waals surface area contributed by atoms with E-state index in [1.54, 1.807) is 12.1 Å². The predicted molar refractivity (Wildman–Crippen MR) is 28.1 cm³/mol. The SMILES string of the molecule is ON=Cc1ccco1. The molecule has 42 valence electrons. The molecule has 0 unspecified atom stereocenters. The smallest absolute Gasteiger partial charge is 0.148 e. The highest BCUT2D eigenvalue weighted by Crippen LogP contribution is 1.93. The average molecular weight is 111 g/mol. The fourth-order valence-corrected chi connectivity index (χ4v) is 0.422. The van der Waals surface area contributed by atoms with Gasteiger partial charge in [-0.2, -0.15) is 0 Å². The largest absolute Gasteiger partial charge is 0.463 e. The summed E-state index contributed by atoms with van der Waals surface area (Å²) in [5.41, 5.74) is 0. The van der Waals surface area contributed by atoms with Crippen LogP contribution in [-0.4, -0.2) is 11.4 Å². The molecule has 1 aromatic rings. The molecule has 0 aliphatic carbocycles. The van der Waals surface area contributed by atoms with Crippen molar-refractivity contribution in [3.8, 4) is 0 Å². The maximum atomic E-state index is 7.95. The van der Waals surface area contributed by atoms with E-state index in [0.717, 1.165) is 0 Å². The van der Waals surface area contributed by atoms with Crippen molar-refractivity contribution in [3.05, 3.63) is 24.2 Å². The molecule has 0 atom stereocenters. The molecule has 1 N–H and O–H groups in total. The zero-order chi connectivity index (χ0) is 5.82. The van der Waals surface area contributed by atoms with Crippen molar-refractivity contribution in [2.45, 2.75) is 0 Å². The molecule has 3 nitrogen and oxygen atoms in total. The van der Waals surface area contributed by atoms with Gasteiger partial charge in [0.05, 0.1) is 6.26 Å². The van der Waals surface area contributed by atoms with E-state index in [0.29, 0.717) is 5.76 Å². The van der Waals surface area contributed by atoms with Crippen LogP contribution in [0.4, 0.5) is 0 Å². The van der Waals surface area contributed by atoms with E-state index in [1.807, 2.05) is 0 Å². The Bertz CT molecular complexity index is 167. The van der Waals surface area contributed by atoms with Crippen LogP contribution in [0.2, 0.25) is 0 Å². The van der Waals surface area contributed by atoms with Crippen LogP contribution in [0.5, 0.6) is 0 Å². The second kappa shape index (κ2) is 2.16. The number of furan rings is 1. The van der Waals surface area contributed by atoms with E-state index in [9.17, 15) is 0 Å². The van der Waals surface area contributed by atoms with Crippen molar-refractivity contribution >= 4 is 6.21 Å². The summed E-state index contributed by atoms with van der Waals surface area (Å²) in [5.74, 6) is 0.549. The third-order valence-electron chi connectivity index (χ3n) is 0.728. The van der Waals surface area contributed by atoms with Gasteiger partial charge in [0.2, 0.25) is 0 Å². The lowest BCUT2D eigenvalue weighted by Gasteiger charge is -1.74. The first-order valence-corrected chi connectivity index (χ1v) is 2.14. The molecule has 1 rings (SSSR count). The van der Waals surface area contributed by atoms with Crippen LogP contribution in [0, 0.1) is 0 Å². The first-order valence-electron chi connectivity index (χ1n) is 2.14. The topological polar surface area (TPSA) is 45.7 Å². The van der Waals surface area contributed by atoms with Gasteiger partial charge < -0.3 is 9.62 Å². The van der Waals surface area contributed by atoms with Crippen molar-refractivity contribution in [1.29, 1.82) is 0 Å². The second-order valence-corrected chi connectivity index (χ2v) is 1.26. The molecule has 0 amide bonds. The zero-order valence-corrected chi connectivity index (χ0v) is 4.11. The van der Waals surface area contributed by atoms with Crippen LogP contribution in [0.1, 0.15) is 5.76 Å². The first kappa shape index (κ1) is 4.90. The number of hydrogen-bond acceptors (Lipinski definition) is 3. The van der Waals surface area contributed by atoms with E-state index < -0.39 is 0 Å². The number of oxime groups is 1. The number of hydrogen-bond donors (Lipinski definition) is 1. The van der Waals surface area contributed by atoms with Gasteiger partial charge in [0, 0.05) is 0 Å². The van der Waals surface area contributed by atoms with Gasteiger partial charge >= 0.3 is 0 Å². The zero-order valence-electron chi connectivity index (χ0n) is 4.11.